The Labute approximate surface area is 114 Å². The molecule has 0 radical (unpaired) electrons. The van der Waals surface area contributed by atoms with Crippen LogP contribution in [0.4, 0.5) is 0 Å². The highest BCUT2D eigenvalue weighted by atomic mass is 15.1. The van der Waals surface area contributed by atoms with Gasteiger partial charge in [0.15, 0.2) is 0 Å². The Bertz CT molecular complexity index is 241. The summed E-state index contributed by atoms with van der Waals surface area (Å²) in [5, 5.41) is 3.84. The van der Waals surface area contributed by atoms with Crippen LogP contribution in [0.3, 0.4) is 0 Å². The molecule has 2 heteroatoms. The van der Waals surface area contributed by atoms with Crippen molar-refractivity contribution in [2.45, 2.75) is 58.4 Å². The summed E-state index contributed by atoms with van der Waals surface area (Å²) in [6.45, 7) is 8.66. The van der Waals surface area contributed by atoms with Gasteiger partial charge in [-0.15, -0.1) is 0 Å². The summed E-state index contributed by atoms with van der Waals surface area (Å²) in [5.74, 6) is 2.77. The minimum atomic E-state index is 0.699. The highest BCUT2D eigenvalue weighted by molar-refractivity contribution is 4.81. The number of nitrogens with zero attached hydrogens (tertiary/aromatic N) is 1. The fraction of sp³-hybridized carbons (Fsp3) is 1.00. The van der Waals surface area contributed by atoms with Crippen molar-refractivity contribution in [3.05, 3.63) is 0 Å². The SMILES string of the molecule is CC1CCCC(CNC(C)C2CCCN(C)C2)C1. The zero-order chi connectivity index (χ0) is 13.0. The van der Waals surface area contributed by atoms with E-state index in [4.69, 9.17) is 0 Å². The molecule has 4 unspecified atom stereocenters. The summed E-state index contributed by atoms with van der Waals surface area (Å²) >= 11 is 0. The van der Waals surface area contributed by atoms with Gasteiger partial charge in [-0.1, -0.05) is 19.8 Å². The number of likely N-dealkylation sites (tertiary alicyclic amines) is 1. The van der Waals surface area contributed by atoms with Gasteiger partial charge >= 0.3 is 0 Å². The molecule has 2 fully saturated rings. The molecule has 1 aliphatic heterocycles. The first-order valence-corrected chi connectivity index (χ1v) is 8.07. The van der Waals surface area contributed by atoms with E-state index in [9.17, 15) is 0 Å². The van der Waals surface area contributed by atoms with Gasteiger partial charge in [0.25, 0.3) is 0 Å². The Kier molecular flexibility index (Phi) is 5.50. The maximum atomic E-state index is 3.84. The quantitative estimate of drug-likeness (QED) is 0.827. The zero-order valence-electron chi connectivity index (χ0n) is 12.6. The molecular formula is C16H32N2. The predicted molar refractivity (Wildman–Crippen MR) is 78.8 cm³/mol. The maximum absolute atomic E-state index is 3.84. The van der Waals surface area contributed by atoms with E-state index in [1.54, 1.807) is 0 Å². The number of hydrogen-bond acceptors (Lipinski definition) is 2. The summed E-state index contributed by atoms with van der Waals surface area (Å²) in [5.41, 5.74) is 0. The molecule has 1 N–H and O–H groups in total. The summed E-state index contributed by atoms with van der Waals surface area (Å²) in [7, 11) is 2.27. The van der Waals surface area contributed by atoms with E-state index >= 15 is 0 Å². The van der Waals surface area contributed by atoms with Crippen LogP contribution in [0.25, 0.3) is 0 Å². The Morgan fingerprint density at radius 2 is 2.06 bits per heavy atom. The molecule has 1 saturated heterocycles. The van der Waals surface area contributed by atoms with E-state index in [1.165, 1.54) is 58.2 Å². The van der Waals surface area contributed by atoms with Crippen LogP contribution in [-0.2, 0) is 0 Å². The van der Waals surface area contributed by atoms with Crippen LogP contribution >= 0.6 is 0 Å². The largest absolute Gasteiger partial charge is 0.314 e. The standard InChI is InChI=1S/C16H32N2/c1-13-6-4-7-15(10-13)11-17-14(2)16-8-5-9-18(3)12-16/h13-17H,4-12H2,1-3H3. The van der Waals surface area contributed by atoms with Crippen molar-refractivity contribution < 1.29 is 0 Å². The van der Waals surface area contributed by atoms with E-state index in [-0.39, 0.29) is 0 Å². The lowest BCUT2D eigenvalue weighted by Gasteiger charge is -2.35. The van der Waals surface area contributed by atoms with Gasteiger partial charge in [0.1, 0.15) is 0 Å². The van der Waals surface area contributed by atoms with Crippen molar-refractivity contribution in [2.75, 3.05) is 26.7 Å². The Morgan fingerprint density at radius 1 is 1.22 bits per heavy atom. The zero-order valence-corrected chi connectivity index (χ0v) is 12.6. The molecule has 4 atom stereocenters. The van der Waals surface area contributed by atoms with E-state index in [0.717, 1.165) is 17.8 Å². The van der Waals surface area contributed by atoms with Crippen molar-refractivity contribution in [3.63, 3.8) is 0 Å². The van der Waals surface area contributed by atoms with Gasteiger partial charge in [-0.3, -0.25) is 0 Å². The molecule has 0 aromatic heterocycles. The Hall–Kier alpha value is -0.0800. The van der Waals surface area contributed by atoms with Gasteiger partial charge < -0.3 is 10.2 Å². The molecule has 0 bridgehead atoms. The molecule has 0 spiro atoms. The monoisotopic (exact) mass is 252 g/mol. The molecular weight excluding hydrogens is 220 g/mol. The number of nitrogens with one attached hydrogen (secondary N) is 1. The molecule has 1 aliphatic carbocycles. The maximum Gasteiger partial charge on any atom is 0.00793 e. The first-order chi connectivity index (χ1) is 8.65. The minimum Gasteiger partial charge on any atom is -0.314 e. The Morgan fingerprint density at radius 3 is 2.78 bits per heavy atom. The van der Waals surface area contributed by atoms with Crippen LogP contribution in [0, 0.1) is 17.8 Å². The third-order valence-corrected chi connectivity index (χ3v) is 5.14. The number of rotatable bonds is 4. The van der Waals surface area contributed by atoms with Gasteiger partial charge in [-0.25, -0.2) is 0 Å². The predicted octanol–water partition coefficient (Wildman–Crippen LogP) is 3.13. The number of piperidine rings is 1. The Balaban J connectivity index is 1.68. The second-order valence-corrected chi connectivity index (χ2v) is 7.00. The second kappa shape index (κ2) is 6.91. The van der Waals surface area contributed by atoms with Crippen molar-refractivity contribution in [2.24, 2.45) is 17.8 Å². The smallest absolute Gasteiger partial charge is 0.00793 e. The van der Waals surface area contributed by atoms with E-state index < -0.39 is 0 Å². The summed E-state index contributed by atoms with van der Waals surface area (Å²) in [6.07, 6.45) is 8.61. The van der Waals surface area contributed by atoms with Crippen molar-refractivity contribution in [1.82, 2.24) is 10.2 Å². The molecule has 106 valence electrons. The minimum absolute atomic E-state index is 0.699. The normalized spacial score (nSPS) is 36.5. The fourth-order valence-electron chi connectivity index (χ4n) is 3.88. The topological polar surface area (TPSA) is 15.3 Å². The first kappa shape index (κ1) is 14.3. The van der Waals surface area contributed by atoms with Gasteiger partial charge in [0.2, 0.25) is 0 Å². The summed E-state index contributed by atoms with van der Waals surface area (Å²) < 4.78 is 0. The lowest BCUT2D eigenvalue weighted by atomic mass is 9.82. The number of hydrogen-bond donors (Lipinski definition) is 1. The van der Waals surface area contributed by atoms with Gasteiger partial charge in [-0.2, -0.15) is 0 Å². The highest BCUT2D eigenvalue weighted by Gasteiger charge is 2.24. The van der Waals surface area contributed by atoms with Gasteiger partial charge in [0, 0.05) is 12.6 Å². The summed E-state index contributed by atoms with van der Waals surface area (Å²) in [6, 6.07) is 0.699. The van der Waals surface area contributed by atoms with Crippen LogP contribution < -0.4 is 5.32 Å². The van der Waals surface area contributed by atoms with E-state index in [2.05, 4.69) is 31.1 Å². The van der Waals surface area contributed by atoms with Gasteiger partial charge in [-0.05, 0) is 70.5 Å². The molecule has 2 aliphatic rings. The second-order valence-electron chi connectivity index (χ2n) is 7.00. The molecule has 1 heterocycles. The van der Waals surface area contributed by atoms with Crippen LogP contribution in [0.1, 0.15) is 52.4 Å². The lowest BCUT2D eigenvalue weighted by molar-refractivity contribution is 0.171. The van der Waals surface area contributed by atoms with E-state index in [1.807, 2.05) is 0 Å². The average Bonchev–Trinajstić information content (AvgIpc) is 2.36. The van der Waals surface area contributed by atoms with Crippen molar-refractivity contribution in [3.8, 4) is 0 Å². The van der Waals surface area contributed by atoms with Crippen LogP contribution in [0.15, 0.2) is 0 Å². The van der Waals surface area contributed by atoms with Crippen LogP contribution in [0.5, 0.6) is 0 Å². The van der Waals surface area contributed by atoms with Crippen LogP contribution in [-0.4, -0.2) is 37.6 Å². The molecule has 1 saturated carbocycles. The third-order valence-electron chi connectivity index (χ3n) is 5.14. The fourth-order valence-corrected chi connectivity index (χ4v) is 3.88. The average molecular weight is 252 g/mol. The molecule has 0 aromatic rings. The van der Waals surface area contributed by atoms with Crippen molar-refractivity contribution in [1.29, 1.82) is 0 Å². The molecule has 0 aromatic carbocycles. The van der Waals surface area contributed by atoms with Crippen LogP contribution in [0.2, 0.25) is 0 Å². The first-order valence-electron chi connectivity index (χ1n) is 8.07. The molecule has 2 nitrogen and oxygen atoms in total. The lowest BCUT2D eigenvalue weighted by Crippen LogP contribution is -2.44. The molecule has 0 amide bonds. The summed E-state index contributed by atoms with van der Waals surface area (Å²) in [4.78, 5) is 2.50. The molecule has 18 heavy (non-hydrogen) atoms. The molecule has 2 rings (SSSR count). The van der Waals surface area contributed by atoms with E-state index in [0.29, 0.717) is 6.04 Å². The highest BCUT2D eigenvalue weighted by Crippen LogP contribution is 2.28. The third kappa shape index (κ3) is 4.24. The van der Waals surface area contributed by atoms with Gasteiger partial charge in [0.05, 0.1) is 0 Å². The van der Waals surface area contributed by atoms with Crippen molar-refractivity contribution >= 4 is 0 Å².